The smallest absolute Gasteiger partial charge is 0.122 e. The lowest BCUT2D eigenvalue weighted by atomic mass is 9.94. The highest BCUT2D eigenvalue weighted by molar-refractivity contribution is 5.17. The fraction of sp³-hybridized carbons (Fsp3) is 0.765. The maximum Gasteiger partial charge on any atom is 0.122 e. The van der Waals surface area contributed by atoms with E-state index in [1.807, 2.05) is 6.26 Å². The van der Waals surface area contributed by atoms with E-state index in [0.29, 0.717) is 0 Å². The van der Waals surface area contributed by atoms with E-state index >= 15 is 0 Å². The Morgan fingerprint density at radius 2 is 1.95 bits per heavy atom. The van der Waals surface area contributed by atoms with Crippen molar-refractivity contribution in [2.45, 2.75) is 77.5 Å². The topological polar surface area (TPSA) is 28.4 Å². The van der Waals surface area contributed by atoms with Crippen LogP contribution in [-0.2, 0) is 13.1 Å². The lowest BCUT2D eigenvalue weighted by Gasteiger charge is -2.30. The molecule has 3 nitrogen and oxygen atoms in total. The number of nitrogens with one attached hydrogen (secondary N) is 1. The van der Waals surface area contributed by atoms with Crippen molar-refractivity contribution in [3.8, 4) is 0 Å². The summed E-state index contributed by atoms with van der Waals surface area (Å²) in [7, 11) is 2.24. The first kappa shape index (κ1) is 15.6. The van der Waals surface area contributed by atoms with E-state index in [-0.39, 0.29) is 5.54 Å². The molecule has 1 heterocycles. The molecular weight excluding hydrogens is 248 g/mol. The van der Waals surface area contributed by atoms with Gasteiger partial charge in [0.2, 0.25) is 0 Å². The number of nitrogens with zero attached hydrogens (tertiary/aromatic N) is 1. The van der Waals surface area contributed by atoms with Crippen LogP contribution in [0.2, 0.25) is 0 Å². The van der Waals surface area contributed by atoms with Crippen LogP contribution in [0.25, 0.3) is 0 Å². The van der Waals surface area contributed by atoms with Gasteiger partial charge in [0.1, 0.15) is 5.76 Å². The molecule has 0 spiro atoms. The highest BCUT2D eigenvalue weighted by Crippen LogP contribution is 2.24. The second-order valence-electron chi connectivity index (χ2n) is 7.18. The minimum Gasteiger partial charge on any atom is -0.468 e. The van der Waals surface area contributed by atoms with Crippen LogP contribution in [0.15, 0.2) is 16.7 Å². The lowest BCUT2D eigenvalue weighted by molar-refractivity contribution is 0.172. The van der Waals surface area contributed by atoms with Crippen LogP contribution in [0.3, 0.4) is 0 Å². The summed E-state index contributed by atoms with van der Waals surface area (Å²) in [5, 5.41) is 3.54. The summed E-state index contributed by atoms with van der Waals surface area (Å²) in [6.07, 6.45) is 8.67. The van der Waals surface area contributed by atoms with Gasteiger partial charge in [-0.3, -0.25) is 4.90 Å². The second-order valence-corrected chi connectivity index (χ2v) is 7.18. The van der Waals surface area contributed by atoms with Gasteiger partial charge in [0.15, 0.2) is 0 Å². The normalized spacial score (nSPS) is 17.9. The highest BCUT2D eigenvalue weighted by atomic mass is 16.3. The highest BCUT2D eigenvalue weighted by Gasteiger charge is 2.20. The zero-order valence-electron chi connectivity index (χ0n) is 13.5. The van der Waals surface area contributed by atoms with Crippen LogP contribution in [0.1, 0.15) is 64.2 Å². The fourth-order valence-corrected chi connectivity index (χ4v) is 2.90. The van der Waals surface area contributed by atoms with E-state index in [4.69, 9.17) is 4.42 Å². The minimum absolute atomic E-state index is 0.143. The zero-order chi connectivity index (χ0) is 14.6. The van der Waals surface area contributed by atoms with Crippen molar-refractivity contribution in [3.63, 3.8) is 0 Å². The van der Waals surface area contributed by atoms with E-state index in [1.165, 1.54) is 37.7 Å². The summed E-state index contributed by atoms with van der Waals surface area (Å²) < 4.78 is 5.71. The van der Waals surface area contributed by atoms with Crippen molar-refractivity contribution in [3.05, 3.63) is 23.7 Å². The van der Waals surface area contributed by atoms with E-state index in [2.05, 4.69) is 44.1 Å². The Labute approximate surface area is 123 Å². The van der Waals surface area contributed by atoms with Gasteiger partial charge >= 0.3 is 0 Å². The molecule has 1 N–H and O–H groups in total. The van der Waals surface area contributed by atoms with Gasteiger partial charge in [-0.05, 0) is 46.7 Å². The first-order valence-electron chi connectivity index (χ1n) is 7.96. The maximum atomic E-state index is 5.71. The van der Waals surface area contributed by atoms with E-state index in [1.54, 1.807) is 0 Å². The Morgan fingerprint density at radius 1 is 1.25 bits per heavy atom. The van der Waals surface area contributed by atoms with Gasteiger partial charge in [-0.1, -0.05) is 19.3 Å². The molecule has 0 saturated heterocycles. The van der Waals surface area contributed by atoms with Crippen LogP contribution in [0.4, 0.5) is 0 Å². The molecule has 1 aliphatic rings. The second kappa shape index (κ2) is 6.77. The van der Waals surface area contributed by atoms with Crippen LogP contribution >= 0.6 is 0 Å². The average molecular weight is 278 g/mol. The Morgan fingerprint density at radius 3 is 2.60 bits per heavy atom. The molecule has 0 amide bonds. The van der Waals surface area contributed by atoms with Gasteiger partial charge in [-0.2, -0.15) is 0 Å². The summed E-state index contributed by atoms with van der Waals surface area (Å²) in [6.45, 7) is 8.40. The summed E-state index contributed by atoms with van der Waals surface area (Å²) in [5.74, 6) is 1.12. The molecule has 0 bridgehead atoms. The third-order valence-electron chi connectivity index (χ3n) is 4.24. The molecular formula is C17H30N2O. The number of hydrogen-bond donors (Lipinski definition) is 1. The van der Waals surface area contributed by atoms with Crippen molar-refractivity contribution >= 4 is 0 Å². The SMILES string of the molecule is CN(Cc1occc1CNC(C)(C)C)C1CCCCC1. The van der Waals surface area contributed by atoms with Crippen LogP contribution in [-0.4, -0.2) is 23.5 Å². The molecule has 1 saturated carbocycles. The van der Waals surface area contributed by atoms with E-state index in [9.17, 15) is 0 Å². The van der Waals surface area contributed by atoms with Gasteiger partial charge in [0.25, 0.3) is 0 Å². The van der Waals surface area contributed by atoms with Gasteiger partial charge in [0, 0.05) is 23.7 Å². The zero-order valence-corrected chi connectivity index (χ0v) is 13.5. The van der Waals surface area contributed by atoms with Gasteiger partial charge < -0.3 is 9.73 Å². The third-order valence-corrected chi connectivity index (χ3v) is 4.24. The predicted octanol–water partition coefficient (Wildman–Crippen LogP) is 3.93. The summed E-state index contributed by atoms with van der Waals surface area (Å²) in [4.78, 5) is 2.47. The first-order valence-corrected chi connectivity index (χ1v) is 7.96. The molecule has 1 fully saturated rings. The largest absolute Gasteiger partial charge is 0.468 e. The van der Waals surface area contributed by atoms with Gasteiger partial charge in [-0.25, -0.2) is 0 Å². The molecule has 1 aromatic heterocycles. The molecule has 0 radical (unpaired) electrons. The van der Waals surface area contributed by atoms with Crippen molar-refractivity contribution in [1.82, 2.24) is 10.2 Å². The summed E-state index contributed by atoms with van der Waals surface area (Å²) in [6, 6.07) is 2.83. The monoisotopic (exact) mass is 278 g/mol. The molecule has 0 aliphatic heterocycles. The Balaban J connectivity index is 1.90. The lowest BCUT2D eigenvalue weighted by Crippen LogP contribution is -2.36. The van der Waals surface area contributed by atoms with Crippen LogP contribution < -0.4 is 5.32 Å². The molecule has 20 heavy (non-hydrogen) atoms. The van der Waals surface area contributed by atoms with Crippen molar-refractivity contribution in [2.24, 2.45) is 0 Å². The van der Waals surface area contributed by atoms with E-state index in [0.717, 1.165) is 24.9 Å². The van der Waals surface area contributed by atoms with Crippen molar-refractivity contribution in [2.75, 3.05) is 7.05 Å². The van der Waals surface area contributed by atoms with Crippen molar-refractivity contribution < 1.29 is 4.42 Å². The van der Waals surface area contributed by atoms with Gasteiger partial charge in [-0.15, -0.1) is 0 Å². The minimum atomic E-state index is 0.143. The molecule has 0 unspecified atom stereocenters. The van der Waals surface area contributed by atoms with Gasteiger partial charge in [0.05, 0.1) is 12.8 Å². The van der Waals surface area contributed by atoms with E-state index < -0.39 is 0 Å². The fourth-order valence-electron chi connectivity index (χ4n) is 2.90. The number of rotatable bonds is 5. The average Bonchev–Trinajstić information content (AvgIpc) is 2.84. The molecule has 1 aromatic rings. The molecule has 114 valence electrons. The maximum absolute atomic E-state index is 5.71. The Hall–Kier alpha value is -0.800. The molecule has 0 atom stereocenters. The third kappa shape index (κ3) is 4.64. The molecule has 2 rings (SSSR count). The number of hydrogen-bond acceptors (Lipinski definition) is 3. The molecule has 0 aromatic carbocycles. The van der Waals surface area contributed by atoms with Crippen LogP contribution in [0, 0.1) is 0 Å². The molecule has 3 heteroatoms. The van der Waals surface area contributed by atoms with Crippen molar-refractivity contribution in [1.29, 1.82) is 0 Å². The summed E-state index contributed by atoms with van der Waals surface area (Å²) in [5.41, 5.74) is 1.44. The quantitative estimate of drug-likeness (QED) is 0.884. The van der Waals surface area contributed by atoms with Crippen LogP contribution in [0.5, 0.6) is 0 Å². The Bertz CT molecular complexity index is 399. The standard InChI is InChI=1S/C17H30N2O/c1-17(2,3)18-12-14-10-11-20-16(14)13-19(4)15-8-6-5-7-9-15/h10-11,15,18H,5-9,12-13H2,1-4H3. The summed E-state index contributed by atoms with van der Waals surface area (Å²) >= 11 is 0. The predicted molar refractivity (Wildman–Crippen MR) is 83.6 cm³/mol. The Kier molecular flexibility index (Phi) is 5.28. The number of furan rings is 1. The first-order chi connectivity index (χ1) is 9.46. The molecule has 1 aliphatic carbocycles.